The van der Waals surface area contributed by atoms with Crippen LogP contribution >= 0.6 is 11.8 Å². The van der Waals surface area contributed by atoms with Gasteiger partial charge in [-0.15, -0.1) is 11.8 Å². The Morgan fingerprint density at radius 3 is 2.87 bits per heavy atom. The van der Waals surface area contributed by atoms with E-state index in [1.807, 2.05) is 24.3 Å². The molecule has 2 nitrogen and oxygen atoms in total. The lowest BCUT2D eigenvalue weighted by molar-refractivity contribution is 0.0941. The molecule has 3 heteroatoms. The van der Waals surface area contributed by atoms with Gasteiger partial charge in [0.2, 0.25) is 0 Å². The highest BCUT2D eigenvalue weighted by Gasteiger charge is 2.24. The van der Waals surface area contributed by atoms with Crippen LogP contribution in [0.15, 0.2) is 29.2 Å². The van der Waals surface area contributed by atoms with E-state index in [4.69, 9.17) is 0 Å². The van der Waals surface area contributed by atoms with E-state index in [0.717, 1.165) is 16.9 Å². The molecule has 0 spiro atoms. The molecule has 0 aromatic heterocycles. The lowest BCUT2D eigenvalue weighted by Gasteiger charge is -2.26. The minimum absolute atomic E-state index is 0.0648. The van der Waals surface area contributed by atoms with Gasteiger partial charge >= 0.3 is 0 Å². The van der Waals surface area contributed by atoms with E-state index < -0.39 is 0 Å². The summed E-state index contributed by atoms with van der Waals surface area (Å²) in [4.78, 5) is 12.9. The molecule has 1 aliphatic rings. The minimum atomic E-state index is 0.0648. The monoisotopic (exact) mass is 221 g/mol. The van der Waals surface area contributed by atoms with Crippen LogP contribution in [0.1, 0.15) is 30.6 Å². The van der Waals surface area contributed by atoms with Crippen molar-refractivity contribution in [3.05, 3.63) is 29.8 Å². The standard InChI is InChI=1S/C12H15NOS/c1-8(2)7-11-13-12(14)9-5-3-4-6-10(9)15-11/h3-6,8,11H,7H2,1-2H3,(H,13,14). The average molecular weight is 221 g/mol. The molecule has 1 aromatic carbocycles. The number of benzene rings is 1. The predicted molar refractivity (Wildman–Crippen MR) is 63.0 cm³/mol. The quantitative estimate of drug-likeness (QED) is 0.832. The number of rotatable bonds is 2. The number of nitrogens with one attached hydrogen (secondary N) is 1. The Morgan fingerprint density at radius 1 is 1.40 bits per heavy atom. The van der Waals surface area contributed by atoms with Gasteiger partial charge in [-0.3, -0.25) is 4.79 Å². The molecule has 1 aromatic rings. The van der Waals surface area contributed by atoms with Crippen molar-refractivity contribution in [2.75, 3.05) is 0 Å². The van der Waals surface area contributed by atoms with Crippen molar-refractivity contribution < 1.29 is 4.79 Å². The Bertz CT molecular complexity index is 376. The van der Waals surface area contributed by atoms with Crippen molar-refractivity contribution in [1.82, 2.24) is 5.32 Å². The molecular formula is C12H15NOS. The maximum atomic E-state index is 11.8. The SMILES string of the molecule is CC(C)CC1NC(=O)c2ccccc2S1. The molecule has 0 saturated carbocycles. The second-order valence-electron chi connectivity index (χ2n) is 4.21. The number of hydrogen-bond acceptors (Lipinski definition) is 2. The van der Waals surface area contributed by atoms with E-state index in [2.05, 4.69) is 19.2 Å². The summed E-state index contributed by atoms with van der Waals surface area (Å²) in [6.07, 6.45) is 1.02. The topological polar surface area (TPSA) is 29.1 Å². The average Bonchev–Trinajstić information content (AvgIpc) is 2.16. The summed E-state index contributed by atoms with van der Waals surface area (Å²) in [5, 5.41) is 3.26. The van der Waals surface area contributed by atoms with Crippen LogP contribution in [-0.2, 0) is 0 Å². The predicted octanol–water partition coefficient (Wildman–Crippen LogP) is 2.89. The fourth-order valence-corrected chi connectivity index (χ4v) is 3.10. The molecule has 1 N–H and O–H groups in total. The molecular weight excluding hydrogens is 206 g/mol. The Balaban J connectivity index is 2.19. The highest BCUT2D eigenvalue weighted by Crippen LogP contribution is 2.32. The largest absolute Gasteiger partial charge is 0.340 e. The van der Waals surface area contributed by atoms with Crippen LogP contribution in [0, 0.1) is 5.92 Å². The minimum Gasteiger partial charge on any atom is -0.340 e. The molecule has 15 heavy (non-hydrogen) atoms. The number of carbonyl (C=O) groups is 1. The molecule has 1 unspecified atom stereocenters. The first-order chi connectivity index (χ1) is 7.16. The molecule has 1 atom stereocenters. The van der Waals surface area contributed by atoms with E-state index >= 15 is 0 Å². The summed E-state index contributed by atoms with van der Waals surface area (Å²) >= 11 is 1.76. The van der Waals surface area contributed by atoms with Gasteiger partial charge in [0.05, 0.1) is 10.9 Å². The molecule has 0 radical (unpaired) electrons. The number of amides is 1. The molecule has 1 aliphatic heterocycles. The molecule has 2 rings (SSSR count). The van der Waals surface area contributed by atoms with E-state index in [9.17, 15) is 4.79 Å². The first kappa shape index (κ1) is 10.6. The molecule has 80 valence electrons. The molecule has 0 saturated heterocycles. The van der Waals surface area contributed by atoms with Gasteiger partial charge in [0.25, 0.3) is 5.91 Å². The van der Waals surface area contributed by atoms with Gasteiger partial charge < -0.3 is 5.32 Å². The fraction of sp³-hybridized carbons (Fsp3) is 0.417. The van der Waals surface area contributed by atoms with Crippen molar-refractivity contribution in [2.24, 2.45) is 5.92 Å². The maximum absolute atomic E-state index is 11.8. The molecule has 0 bridgehead atoms. The maximum Gasteiger partial charge on any atom is 0.253 e. The van der Waals surface area contributed by atoms with Crippen LogP contribution in [0.25, 0.3) is 0 Å². The Labute approximate surface area is 94.4 Å². The van der Waals surface area contributed by atoms with Crippen LogP contribution in [-0.4, -0.2) is 11.3 Å². The summed E-state index contributed by atoms with van der Waals surface area (Å²) in [5.41, 5.74) is 0.808. The third-order valence-electron chi connectivity index (χ3n) is 2.38. The zero-order chi connectivity index (χ0) is 10.8. The number of thioether (sulfide) groups is 1. The van der Waals surface area contributed by atoms with Crippen LogP contribution in [0.5, 0.6) is 0 Å². The zero-order valence-corrected chi connectivity index (χ0v) is 9.80. The molecule has 1 heterocycles. The van der Waals surface area contributed by atoms with Crippen LogP contribution in [0.2, 0.25) is 0 Å². The highest BCUT2D eigenvalue weighted by atomic mass is 32.2. The van der Waals surface area contributed by atoms with Gasteiger partial charge in [0.1, 0.15) is 0 Å². The summed E-state index contributed by atoms with van der Waals surface area (Å²) in [7, 11) is 0. The first-order valence-electron chi connectivity index (χ1n) is 5.23. The lowest BCUT2D eigenvalue weighted by atomic mass is 10.1. The van der Waals surface area contributed by atoms with E-state index in [-0.39, 0.29) is 11.3 Å². The van der Waals surface area contributed by atoms with E-state index in [1.54, 1.807) is 11.8 Å². The normalized spacial score (nSPS) is 19.9. The van der Waals surface area contributed by atoms with Crippen LogP contribution in [0.3, 0.4) is 0 Å². The van der Waals surface area contributed by atoms with Crippen molar-refractivity contribution >= 4 is 17.7 Å². The smallest absolute Gasteiger partial charge is 0.253 e. The second kappa shape index (κ2) is 4.27. The summed E-state index contributed by atoms with van der Waals surface area (Å²) < 4.78 is 0. The Kier molecular flexibility index (Phi) is 3.00. The lowest BCUT2D eigenvalue weighted by Crippen LogP contribution is -2.37. The number of carbonyl (C=O) groups excluding carboxylic acids is 1. The van der Waals surface area contributed by atoms with Crippen molar-refractivity contribution in [3.8, 4) is 0 Å². The van der Waals surface area contributed by atoms with Crippen molar-refractivity contribution in [2.45, 2.75) is 30.5 Å². The Hall–Kier alpha value is -0.960. The van der Waals surface area contributed by atoms with Gasteiger partial charge in [0.15, 0.2) is 0 Å². The van der Waals surface area contributed by atoms with Crippen molar-refractivity contribution in [3.63, 3.8) is 0 Å². The Morgan fingerprint density at radius 2 is 2.13 bits per heavy atom. The number of fused-ring (bicyclic) bond motifs is 1. The fourth-order valence-electron chi connectivity index (χ4n) is 1.70. The molecule has 0 aliphatic carbocycles. The summed E-state index contributed by atoms with van der Waals surface area (Å²) in [6.45, 7) is 4.35. The van der Waals surface area contributed by atoms with Gasteiger partial charge in [-0.25, -0.2) is 0 Å². The van der Waals surface area contributed by atoms with Crippen LogP contribution < -0.4 is 5.32 Å². The third-order valence-corrected chi connectivity index (χ3v) is 3.58. The molecule has 0 fully saturated rings. The highest BCUT2D eigenvalue weighted by molar-refractivity contribution is 8.00. The van der Waals surface area contributed by atoms with E-state index in [0.29, 0.717) is 5.92 Å². The zero-order valence-electron chi connectivity index (χ0n) is 8.99. The van der Waals surface area contributed by atoms with E-state index in [1.165, 1.54) is 0 Å². The summed E-state index contributed by atoms with van der Waals surface area (Å²) in [6, 6.07) is 7.79. The first-order valence-corrected chi connectivity index (χ1v) is 6.11. The van der Waals surface area contributed by atoms with Gasteiger partial charge in [-0.2, -0.15) is 0 Å². The third kappa shape index (κ3) is 2.34. The second-order valence-corrected chi connectivity index (χ2v) is 5.45. The van der Waals surface area contributed by atoms with Gasteiger partial charge in [-0.05, 0) is 24.5 Å². The van der Waals surface area contributed by atoms with Crippen LogP contribution in [0.4, 0.5) is 0 Å². The summed E-state index contributed by atoms with van der Waals surface area (Å²) in [5.74, 6) is 0.670. The number of hydrogen-bond donors (Lipinski definition) is 1. The van der Waals surface area contributed by atoms with Gasteiger partial charge in [-0.1, -0.05) is 26.0 Å². The van der Waals surface area contributed by atoms with Crippen molar-refractivity contribution in [1.29, 1.82) is 0 Å². The molecule has 1 amide bonds. The van der Waals surface area contributed by atoms with Gasteiger partial charge in [0, 0.05) is 4.90 Å².